The highest BCUT2D eigenvalue weighted by atomic mass is 79.9. The maximum absolute atomic E-state index is 9.10. The van der Waals surface area contributed by atoms with Crippen LogP contribution in [0.15, 0.2) is 27.1 Å². The summed E-state index contributed by atoms with van der Waals surface area (Å²) in [6.45, 7) is 2.28. The van der Waals surface area contributed by atoms with Gasteiger partial charge in [-0.15, -0.1) is 0 Å². The largest absolute Gasteiger partial charge is 0.396 e. The number of rotatable bonds is 2. The number of hydrogen-bond donors (Lipinski definition) is 1. The van der Waals surface area contributed by atoms with Crippen LogP contribution in [0.3, 0.4) is 0 Å². The first-order valence-electron chi connectivity index (χ1n) is 5.01. The molecule has 1 N–H and O–H groups in total. The van der Waals surface area contributed by atoms with Crippen LogP contribution in [0.5, 0.6) is 0 Å². The lowest BCUT2D eigenvalue weighted by atomic mass is 10.1. The van der Waals surface area contributed by atoms with Gasteiger partial charge in [-0.3, -0.25) is 0 Å². The summed E-state index contributed by atoms with van der Waals surface area (Å²) in [7, 11) is 0. The molecule has 0 saturated carbocycles. The molecule has 2 rings (SSSR count). The summed E-state index contributed by atoms with van der Waals surface area (Å²) in [5.74, 6) is 0.431. The second-order valence-corrected chi connectivity index (χ2v) is 5.65. The fourth-order valence-corrected chi connectivity index (χ4v) is 3.24. The topological polar surface area (TPSA) is 23.5 Å². The molecule has 1 aromatic carbocycles. The van der Waals surface area contributed by atoms with Crippen molar-refractivity contribution in [1.82, 2.24) is 0 Å². The third kappa shape index (κ3) is 2.55. The highest BCUT2D eigenvalue weighted by molar-refractivity contribution is 9.11. The monoisotopic (exact) mass is 333 g/mol. The Kier molecular flexibility index (Phi) is 3.69. The summed E-state index contributed by atoms with van der Waals surface area (Å²) in [6.07, 6.45) is 1.08. The van der Waals surface area contributed by atoms with E-state index in [4.69, 9.17) is 5.11 Å². The van der Waals surface area contributed by atoms with Gasteiger partial charge >= 0.3 is 0 Å². The molecule has 0 bridgehead atoms. The SMILES string of the molecule is OCC1CCN(c2ccc(Br)cc2Br)C1. The van der Waals surface area contributed by atoms with Gasteiger partial charge in [0.25, 0.3) is 0 Å². The number of halogens is 2. The maximum Gasteiger partial charge on any atom is 0.0511 e. The molecule has 1 heterocycles. The number of anilines is 1. The Labute approximate surface area is 107 Å². The molecule has 0 spiro atoms. The minimum absolute atomic E-state index is 0.296. The van der Waals surface area contributed by atoms with Crippen LogP contribution in [0.1, 0.15) is 6.42 Å². The molecule has 0 radical (unpaired) electrons. The molecule has 0 aromatic heterocycles. The van der Waals surface area contributed by atoms with Crippen LogP contribution in [0.25, 0.3) is 0 Å². The first-order valence-corrected chi connectivity index (χ1v) is 6.60. The second kappa shape index (κ2) is 4.85. The van der Waals surface area contributed by atoms with E-state index in [9.17, 15) is 0 Å². The van der Waals surface area contributed by atoms with Gasteiger partial charge in [-0.25, -0.2) is 0 Å². The van der Waals surface area contributed by atoms with Crippen LogP contribution in [0.2, 0.25) is 0 Å². The fourth-order valence-electron chi connectivity index (χ4n) is 1.94. The van der Waals surface area contributed by atoms with E-state index in [2.05, 4.69) is 48.9 Å². The van der Waals surface area contributed by atoms with Gasteiger partial charge < -0.3 is 10.0 Å². The van der Waals surface area contributed by atoms with E-state index < -0.39 is 0 Å². The van der Waals surface area contributed by atoms with Gasteiger partial charge in [0.1, 0.15) is 0 Å². The van der Waals surface area contributed by atoms with Crippen molar-refractivity contribution in [3.05, 3.63) is 27.1 Å². The van der Waals surface area contributed by atoms with Gasteiger partial charge in [-0.05, 0) is 40.5 Å². The summed E-state index contributed by atoms with van der Waals surface area (Å²) in [4.78, 5) is 2.32. The molecule has 4 heteroatoms. The summed E-state index contributed by atoms with van der Waals surface area (Å²) in [5, 5.41) is 9.10. The third-order valence-electron chi connectivity index (χ3n) is 2.79. The zero-order valence-electron chi connectivity index (χ0n) is 8.29. The zero-order valence-corrected chi connectivity index (χ0v) is 11.5. The molecule has 1 aromatic rings. The Morgan fingerprint density at radius 1 is 1.40 bits per heavy atom. The molecule has 2 nitrogen and oxygen atoms in total. The van der Waals surface area contributed by atoms with E-state index in [-0.39, 0.29) is 0 Å². The van der Waals surface area contributed by atoms with Crippen LogP contribution >= 0.6 is 31.9 Å². The lowest BCUT2D eigenvalue weighted by Gasteiger charge is -2.20. The molecule has 1 saturated heterocycles. The Hall–Kier alpha value is -0.0600. The van der Waals surface area contributed by atoms with E-state index in [1.165, 1.54) is 5.69 Å². The summed E-state index contributed by atoms with van der Waals surface area (Å²) >= 11 is 7.01. The normalized spacial score (nSPS) is 21.0. The van der Waals surface area contributed by atoms with Crippen LogP contribution in [-0.2, 0) is 0 Å². The zero-order chi connectivity index (χ0) is 10.8. The van der Waals surface area contributed by atoms with Crippen molar-refractivity contribution < 1.29 is 5.11 Å². The predicted octanol–water partition coefficient (Wildman–Crippen LogP) is 3.03. The van der Waals surface area contributed by atoms with E-state index in [0.29, 0.717) is 12.5 Å². The first-order chi connectivity index (χ1) is 7.20. The molecule has 15 heavy (non-hydrogen) atoms. The van der Waals surface area contributed by atoms with E-state index >= 15 is 0 Å². The Bertz CT molecular complexity index is 356. The van der Waals surface area contributed by atoms with Crippen molar-refractivity contribution >= 4 is 37.5 Å². The highest BCUT2D eigenvalue weighted by Crippen LogP contribution is 2.32. The molecule has 0 amide bonds. The van der Waals surface area contributed by atoms with Crippen molar-refractivity contribution in [1.29, 1.82) is 0 Å². The molecular weight excluding hydrogens is 322 g/mol. The van der Waals surface area contributed by atoms with Crippen LogP contribution in [-0.4, -0.2) is 24.8 Å². The molecule has 1 unspecified atom stereocenters. The number of aliphatic hydroxyl groups is 1. The van der Waals surface area contributed by atoms with Crippen LogP contribution < -0.4 is 4.90 Å². The van der Waals surface area contributed by atoms with Gasteiger partial charge in [0.15, 0.2) is 0 Å². The van der Waals surface area contributed by atoms with E-state index in [0.717, 1.165) is 28.5 Å². The number of benzene rings is 1. The van der Waals surface area contributed by atoms with Gasteiger partial charge in [0, 0.05) is 34.6 Å². The van der Waals surface area contributed by atoms with Crippen LogP contribution in [0, 0.1) is 5.92 Å². The van der Waals surface area contributed by atoms with Crippen molar-refractivity contribution in [3.8, 4) is 0 Å². The number of hydrogen-bond acceptors (Lipinski definition) is 2. The average Bonchev–Trinajstić information content (AvgIpc) is 2.66. The van der Waals surface area contributed by atoms with Crippen molar-refractivity contribution in [2.24, 2.45) is 5.92 Å². The summed E-state index contributed by atoms with van der Waals surface area (Å²) in [5.41, 5.74) is 1.22. The second-order valence-electron chi connectivity index (χ2n) is 3.88. The summed E-state index contributed by atoms with van der Waals surface area (Å²) in [6, 6.07) is 6.21. The standard InChI is InChI=1S/C11H13Br2NO/c12-9-1-2-11(10(13)5-9)14-4-3-8(6-14)7-15/h1-2,5,8,15H,3-4,6-7H2. The predicted molar refractivity (Wildman–Crippen MR) is 69.2 cm³/mol. The number of aliphatic hydroxyl groups excluding tert-OH is 1. The third-order valence-corrected chi connectivity index (χ3v) is 3.92. The number of nitrogens with zero attached hydrogens (tertiary/aromatic N) is 1. The van der Waals surface area contributed by atoms with E-state index in [1.807, 2.05) is 6.07 Å². The van der Waals surface area contributed by atoms with Gasteiger partial charge in [0.05, 0.1) is 5.69 Å². The molecule has 1 atom stereocenters. The van der Waals surface area contributed by atoms with Gasteiger partial charge in [-0.2, -0.15) is 0 Å². The minimum atomic E-state index is 0.296. The molecular formula is C11H13Br2NO. The molecule has 1 aliphatic heterocycles. The Balaban J connectivity index is 2.17. The van der Waals surface area contributed by atoms with E-state index in [1.54, 1.807) is 0 Å². The minimum Gasteiger partial charge on any atom is -0.396 e. The van der Waals surface area contributed by atoms with Crippen molar-refractivity contribution in [2.45, 2.75) is 6.42 Å². The lowest BCUT2D eigenvalue weighted by molar-refractivity contribution is 0.238. The van der Waals surface area contributed by atoms with Gasteiger partial charge in [-0.1, -0.05) is 15.9 Å². The molecule has 1 fully saturated rings. The van der Waals surface area contributed by atoms with Crippen molar-refractivity contribution in [2.75, 3.05) is 24.6 Å². The Morgan fingerprint density at radius 3 is 2.80 bits per heavy atom. The first kappa shape index (κ1) is 11.4. The maximum atomic E-state index is 9.10. The summed E-state index contributed by atoms with van der Waals surface area (Å²) < 4.78 is 2.19. The molecule has 1 aliphatic rings. The van der Waals surface area contributed by atoms with Gasteiger partial charge in [0.2, 0.25) is 0 Å². The highest BCUT2D eigenvalue weighted by Gasteiger charge is 2.23. The fraction of sp³-hybridized carbons (Fsp3) is 0.455. The Morgan fingerprint density at radius 2 is 2.20 bits per heavy atom. The van der Waals surface area contributed by atoms with Crippen molar-refractivity contribution in [3.63, 3.8) is 0 Å². The molecule has 82 valence electrons. The van der Waals surface area contributed by atoms with Crippen LogP contribution in [0.4, 0.5) is 5.69 Å². The quantitative estimate of drug-likeness (QED) is 0.898. The lowest BCUT2D eigenvalue weighted by Crippen LogP contribution is -2.20. The smallest absolute Gasteiger partial charge is 0.0511 e. The average molecular weight is 335 g/mol. The molecule has 0 aliphatic carbocycles.